The number of carboxylic acid groups (broad SMARTS) is 1. The van der Waals surface area contributed by atoms with Gasteiger partial charge in [-0.3, -0.25) is 4.79 Å². The van der Waals surface area contributed by atoms with Crippen molar-refractivity contribution in [3.63, 3.8) is 0 Å². The third kappa shape index (κ3) is 4.64. The van der Waals surface area contributed by atoms with Crippen LogP contribution in [0.2, 0.25) is 0 Å². The first-order valence-electron chi connectivity index (χ1n) is 6.10. The van der Waals surface area contributed by atoms with Gasteiger partial charge in [0.1, 0.15) is 6.54 Å². The third-order valence-electron chi connectivity index (χ3n) is 2.60. The van der Waals surface area contributed by atoms with Crippen molar-refractivity contribution >= 4 is 23.4 Å². The molecule has 0 radical (unpaired) electrons. The van der Waals surface area contributed by atoms with Gasteiger partial charge in [-0.25, -0.2) is 4.79 Å². The second kappa shape index (κ2) is 7.18. The second-order valence-electron chi connectivity index (χ2n) is 4.43. The molecule has 0 atom stereocenters. The molecule has 0 bridgehead atoms. The largest absolute Gasteiger partial charge is 0.480 e. The highest BCUT2D eigenvalue weighted by molar-refractivity contribution is 5.91. The number of nitrogens with one attached hydrogen (secondary N) is 1. The number of hydrogen-bond acceptors (Lipinski definition) is 3. The van der Waals surface area contributed by atoms with E-state index in [2.05, 4.69) is 11.9 Å². The first-order chi connectivity index (χ1) is 9.43. The molecule has 0 saturated carbocycles. The van der Waals surface area contributed by atoms with Gasteiger partial charge < -0.3 is 20.2 Å². The molecule has 0 aromatic heterocycles. The van der Waals surface area contributed by atoms with E-state index in [0.717, 1.165) is 10.6 Å². The average molecular weight is 277 g/mol. The molecule has 108 valence electrons. The molecule has 1 aromatic rings. The fourth-order valence-electron chi connectivity index (χ4n) is 1.58. The maximum Gasteiger partial charge on any atom is 0.323 e. The van der Waals surface area contributed by atoms with Gasteiger partial charge in [0.05, 0.1) is 0 Å². The zero-order valence-corrected chi connectivity index (χ0v) is 11.7. The van der Waals surface area contributed by atoms with Crippen LogP contribution < -0.4 is 10.2 Å². The van der Waals surface area contributed by atoms with E-state index in [0.29, 0.717) is 5.69 Å². The summed E-state index contributed by atoms with van der Waals surface area (Å²) in [5, 5.41) is 11.4. The Bertz CT molecular complexity index is 483. The summed E-state index contributed by atoms with van der Waals surface area (Å²) in [5.41, 5.74) is 1.62. The van der Waals surface area contributed by atoms with E-state index in [-0.39, 0.29) is 13.1 Å². The second-order valence-corrected chi connectivity index (χ2v) is 4.43. The Morgan fingerprint density at radius 3 is 2.35 bits per heavy atom. The Morgan fingerprint density at radius 1 is 1.30 bits per heavy atom. The van der Waals surface area contributed by atoms with Crippen LogP contribution in [0.1, 0.15) is 0 Å². The van der Waals surface area contributed by atoms with Gasteiger partial charge in [0.15, 0.2) is 0 Å². The van der Waals surface area contributed by atoms with Crippen molar-refractivity contribution in [3.8, 4) is 0 Å². The molecule has 0 saturated heterocycles. The number of benzene rings is 1. The van der Waals surface area contributed by atoms with Crippen molar-refractivity contribution in [2.24, 2.45) is 0 Å². The monoisotopic (exact) mass is 277 g/mol. The molecule has 20 heavy (non-hydrogen) atoms. The number of hydrogen-bond donors (Lipinski definition) is 2. The molecule has 0 aliphatic heterocycles. The number of urea groups is 1. The van der Waals surface area contributed by atoms with E-state index in [1.807, 2.05) is 31.1 Å². The van der Waals surface area contributed by atoms with Crippen LogP contribution in [0.3, 0.4) is 0 Å². The van der Waals surface area contributed by atoms with Crippen LogP contribution in [0, 0.1) is 0 Å². The zero-order chi connectivity index (χ0) is 15.1. The first-order valence-corrected chi connectivity index (χ1v) is 6.10. The van der Waals surface area contributed by atoms with Crippen molar-refractivity contribution in [1.82, 2.24) is 4.90 Å². The van der Waals surface area contributed by atoms with Crippen LogP contribution in [0.4, 0.5) is 16.2 Å². The highest BCUT2D eigenvalue weighted by atomic mass is 16.4. The molecule has 0 aliphatic carbocycles. The van der Waals surface area contributed by atoms with Crippen molar-refractivity contribution in [2.75, 3.05) is 37.4 Å². The SMILES string of the molecule is C=CCN(CC(=O)O)C(=O)Nc1ccc(N(C)C)cc1. The normalized spacial score (nSPS) is 9.70. The fourth-order valence-corrected chi connectivity index (χ4v) is 1.58. The van der Waals surface area contributed by atoms with Crippen LogP contribution in [0.25, 0.3) is 0 Å². The van der Waals surface area contributed by atoms with E-state index in [4.69, 9.17) is 5.11 Å². The summed E-state index contributed by atoms with van der Waals surface area (Å²) in [7, 11) is 3.85. The number of carbonyl (C=O) groups excluding carboxylic acids is 1. The minimum Gasteiger partial charge on any atom is -0.480 e. The number of aliphatic carboxylic acids is 1. The summed E-state index contributed by atoms with van der Waals surface area (Å²) >= 11 is 0. The van der Waals surface area contributed by atoms with Crippen LogP contribution >= 0.6 is 0 Å². The maximum absolute atomic E-state index is 12.0. The van der Waals surface area contributed by atoms with Crippen molar-refractivity contribution in [2.45, 2.75) is 0 Å². The molecule has 1 rings (SSSR count). The van der Waals surface area contributed by atoms with E-state index in [1.165, 1.54) is 6.08 Å². The lowest BCUT2D eigenvalue weighted by Crippen LogP contribution is -2.38. The van der Waals surface area contributed by atoms with Gasteiger partial charge >= 0.3 is 12.0 Å². The highest BCUT2D eigenvalue weighted by Gasteiger charge is 2.15. The number of amides is 2. The molecule has 0 heterocycles. The zero-order valence-electron chi connectivity index (χ0n) is 11.7. The van der Waals surface area contributed by atoms with Gasteiger partial charge in [-0.1, -0.05) is 6.08 Å². The predicted molar refractivity (Wildman–Crippen MR) is 79.2 cm³/mol. The fraction of sp³-hybridized carbons (Fsp3) is 0.286. The number of nitrogens with zero attached hydrogens (tertiary/aromatic N) is 2. The molecule has 2 N–H and O–H groups in total. The van der Waals surface area contributed by atoms with Gasteiger partial charge in [0, 0.05) is 32.0 Å². The Kier molecular flexibility index (Phi) is 5.58. The van der Waals surface area contributed by atoms with Crippen LogP contribution in [0.5, 0.6) is 0 Å². The summed E-state index contributed by atoms with van der Waals surface area (Å²) < 4.78 is 0. The van der Waals surface area contributed by atoms with Gasteiger partial charge in [0.25, 0.3) is 0 Å². The Morgan fingerprint density at radius 2 is 1.90 bits per heavy atom. The topological polar surface area (TPSA) is 72.9 Å². The lowest BCUT2D eigenvalue weighted by atomic mass is 10.2. The lowest BCUT2D eigenvalue weighted by Gasteiger charge is -2.20. The molecule has 6 nitrogen and oxygen atoms in total. The molecule has 0 aliphatic rings. The molecule has 0 unspecified atom stereocenters. The molecular weight excluding hydrogens is 258 g/mol. The Hall–Kier alpha value is -2.50. The van der Waals surface area contributed by atoms with E-state index in [9.17, 15) is 9.59 Å². The van der Waals surface area contributed by atoms with Crippen LogP contribution in [-0.2, 0) is 4.79 Å². The van der Waals surface area contributed by atoms with Crippen molar-refractivity contribution < 1.29 is 14.7 Å². The summed E-state index contributed by atoms with van der Waals surface area (Å²) in [6.07, 6.45) is 1.48. The molecule has 1 aromatic carbocycles. The van der Waals surface area contributed by atoms with Gasteiger partial charge in [0.2, 0.25) is 0 Å². The van der Waals surface area contributed by atoms with E-state index >= 15 is 0 Å². The molecule has 0 fully saturated rings. The number of carbonyl (C=O) groups is 2. The molecular formula is C14H19N3O3. The van der Waals surface area contributed by atoms with Gasteiger partial charge in [-0.2, -0.15) is 0 Å². The summed E-state index contributed by atoms with van der Waals surface area (Å²) in [6.45, 7) is 3.32. The Labute approximate surface area is 118 Å². The van der Waals surface area contributed by atoms with E-state index in [1.54, 1.807) is 12.1 Å². The first kappa shape index (κ1) is 15.6. The number of anilines is 2. The van der Waals surface area contributed by atoms with Crippen LogP contribution in [0.15, 0.2) is 36.9 Å². The summed E-state index contributed by atoms with van der Waals surface area (Å²) in [5.74, 6) is -1.06. The maximum atomic E-state index is 12.0. The molecule has 6 heteroatoms. The van der Waals surface area contributed by atoms with Crippen molar-refractivity contribution in [3.05, 3.63) is 36.9 Å². The number of carboxylic acids is 1. The van der Waals surface area contributed by atoms with Gasteiger partial charge in [-0.15, -0.1) is 6.58 Å². The highest BCUT2D eigenvalue weighted by Crippen LogP contribution is 2.16. The van der Waals surface area contributed by atoms with E-state index < -0.39 is 12.0 Å². The van der Waals surface area contributed by atoms with Crippen molar-refractivity contribution in [1.29, 1.82) is 0 Å². The third-order valence-corrected chi connectivity index (χ3v) is 2.60. The molecule has 2 amide bonds. The molecule has 0 spiro atoms. The number of rotatable bonds is 6. The minimum absolute atomic E-state index is 0.175. The summed E-state index contributed by atoms with van der Waals surface area (Å²) in [6, 6.07) is 6.79. The quantitative estimate of drug-likeness (QED) is 0.778. The van der Waals surface area contributed by atoms with Gasteiger partial charge in [-0.05, 0) is 24.3 Å². The summed E-state index contributed by atoms with van der Waals surface area (Å²) in [4.78, 5) is 25.8. The Balaban J connectivity index is 2.71. The van der Waals surface area contributed by atoms with Crippen LogP contribution in [-0.4, -0.2) is 49.2 Å². The predicted octanol–water partition coefficient (Wildman–Crippen LogP) is 1.86. The standard InChI is InChI=1S/C14H19N3O3/c1-4-9-17(10-13(18)19)14(20)15-11-5-7-12(8-6-11)16(2)3/h4-8H,1,9-10H2,2-3H3,(H,15,20)(H,18,19). The average Bonchev–Trinajstić information content (AvgIpc) is 2.38. The minimum atomic E-state index is -1.06. The smallest absolute Gasteiger partial charge is 0.323 e. The lowest BCUT2D eigenvalue weighted by molar-refractivity contribution is -0.137.